The Morgan fingerprint density at radius 1 is 1.38 bits per heavy atom. The van der Waals surface area contributed by atoms with Crippen LogP contribution in [-0.2, 0) is 20.7 Å². The van der Waals surface area contributed by atoms with Gasteiger partial charge in [0, 0.05) is 12.3 Å². The second kappa shape index (κ2) is 8.55. The molecule has 1 atom stereocenters. The van der Waals surface area contributed by atoms with Gasteiger partial charge in [-0.2, -0.15) is 5.26 Å². The van der Waals surface area contributed by atoms with Crippen LogP contribution in [0.15, 0.2) is 34.9 Å². The van der Waals surface area contributed by atoms with Gasteiger partial charge in [0.25, 0.3) is 0 Å². The molecule has 0 aliphatic carbocycles. The lowest BCUT2D eigenvalue weighted by atomic mass is 9.86. The lowest BCUT2D eigenvalue weighted by Gasteiger charge is -2.25. The van der Waals surface area contributed by atoms with Gasteiger partial charge in [0.15, 0.2) is 0 Å². The minimum Gasteiger partial charge on any atom is -0.465 e. The topological polar surface area (TPSA) is 79.2 Å². The number of nitriles is 1. The van der Waals surface area contributed by atoms with Crippen molar-refractivity contribution in [3.05, 3.63) is 46.0 Å². The van der Waals surface area contributed by atoms with Gasteiger partial charge >= 0.3 is 5.97 Å². The van der Waals surface area contributed by atoms with Crippen molar-refractivity contribution < 1.29 is 14.3 Å². The summed E-state index contributed by atoms with van der Waals surface area (Å²) in [6.45, 7) is 4.12. The molecule has 5 nitrogen and oxygen atoms in total. The number of benzene rings is 1. The summed E-state index contributed by atoms with van der Waals surface area (Å²) in [6.07, 6.45) is 1.17. The highest BCUT2D eigenvalue weighted by Gasteiger charge is 2.29. The monoisotopic (exact) mass is 344 g/mol. The number of carbonyl (C=O) groups is 2. The molecule has 24 heavy (non-hydrogen) atoms. The molecule has 1 heterocycles. The number of aryl methyl sites for hydroxylation is 1. The fourth-order valence-electron chi connectivity index (χ4n) is 2.54. The summed E-state index contributed by atoms with van der Waals surface area (Å²) < 4.78 is 4.89. The molecule has 0 aromatic heterocycles. The third-order valence-corrected chi connectivity index (χ3v) is 4.78. The number of nitrogens with zero attached hydrogens (tertiary/aromatic N) is 1. The molecule has 1 aliphatic rings. The van der Waals surface area contributed by atoms with E-state index in [-0.39, 0.29) is 30.0 Å². The lowest BCUT2D eigenvalue weighted by Crippen LogP contribution is -2.31. The highest BCUT2D eigenvalue weighted by atomic mass is 32.2. The van der Waals surface area contributed by atoms with E-state index in [0.717, 1.165) is 23.7 Å². The first kappa shape index (κ1) is 18.1. The Morgan fingerprint density at radius 3 is 2.67 bits per heavy atom. The van der Waals surface area contributed by atoms with Crippen molar-refractivity contribution in [2.75, 3.05) is 12.4 Å². The van der Waals surface area contributed by atoms with Gasteiger partial charge in [-0.1, -0.05) is 43.0 Å². The molecular weight excluding hydrogens is 324 g/mol. The number of carbonyl (C=O) groups excluding carboxylic acids is 2. The number of thioether (sulfide) groups is 1. The third kappa shape index (κ3) is 4.39. The van der Waals surface area contributed by atoms with E-state index in [0.29, 0.717) is 17.2 Å². The van der Waals surface area contributed by atoms with Crippen LogP contribution in [0.1, 0.15) is 37.3 Å². The molecule has 0 saturated heterocycles. The maximum Gasteiger partial charge on any atom is 0.316 e. The van der Waals surface area contributed by atoms with Gasteiger partial charge in [0.2, 0.25) is 5.91 Å². The molecule has 0 radical (unpaired) electrons. The quantitative estimate of drug-likeness (QED) is 0.803. The maximum absolute atomic E-state index is 12.0. The number of ether oxygens (including phenoxy) is 1. The largest absolute Gasteiger partial charge is 0.465 e. The zero-order valence-corrected chi connectivity index (χ0v) is 14.6. The molecule has 1 aromatic rings. The number of allylic oxidation sites excluding steroid dienone is 1. The van der Waals surface area contributed by atoms with Crippen LogP contribution in [0.4, 0.5) is 0 Å². The van der Waals surface area contributed by atoms with E-state index in [1.807, 2.05) is 24.3 Å². The van der Waals surface area contributed by atoms with E-state index < -0.39 is 0 Å². The molecule has 0 spiro atoms. The van der Waals surface area contributed by atoms with Gasteiger partial charge in [-0.15, -0.1) is 0 Å². The van der Waals surface area contributed by atoms with Gasteiger partial charge in [-0.25, -0.2) is 0 Å². The van der Waals surface area contributed by atoms with E-state index >= 15 is 0 Å². The van der Waals surface area contributed by atoms with E-state index in [1.54, 1.807) is 6.92 Å². The minimum atomic E-state index is -0.365. The first-order valence-electron chi connectivity index (χ1n) is 7.90. The minimum absolute atomic E-state index is 0.0656. The van der Waals surface area contributed by atoms with Crippen LogP contribution in [0, 0.1) is 11.3 Å². The highest BCUT2D eigenvalue weighted by molar-refractivity contribution is 8.03. The first-order valence-corrected chi connectivity index (χ1v) is 8.88. The van der Waals surface area contributed by atoms with Crippen LogP contribution >= 0.6 is 11.8 Å². The number of amides is 1. The molecule has 0 bridgehead atoms. The van der Waals surface area contributed by atoms with Crippen molar-refractivity contribution in [3.8, 4) is 6.07 Å². The second-order valence-electron chi connectivity index (χ2n) is 5.35. The van der Waals surface area contributed by atoms with Gasteiger partial charge in [-0.3, -0.25) is 9.59 Å². The summed E-state index contributed by atoms with van der Waals surface area (Å²) in [5, 5.41) is 12.7. The maximum atomic E-state index is 12.0. The summed E-state index contributed by atoms with van der Waals surface area (Å²) in [4.78, 5) is 23.6. The molecule has 0 fully saturated rings. The second-order valence-corrected chi connectivity index (χ2v) is 6.33. The van der Waals surface area contributed by atoms with E-state index in [9.17, 15) is 14.9 Å². The van der Waals surface area contributed by atoms with Crippen LogP contribution in [0.25, 0.3) is 0 Å². The predicted molar refractivity (Wildman–Crippen MR) is 93.1 cm³/mol. The zero-order valence-electron chi connectivity index (χ0n) is 13.8. The fraction of sp³-hybridized carbons (Fsp3) is 0.389. The summed E-state index contributed by atoms with van der Waals surface area (Å²) in [5.74, 6) is -0.726. The van der Waals surface area contributed by atoms with E-state index in [2.05, 4.69) is 18.3 Å². The molecule has 126 valence electrons. The number of esters is 1. The van der Waals surface area contributed by atoms with Gasteiger partial charge in [0.05, 0.1) is 29.0 Å². The number of hydrogen-bond donors (Lipinski definition) is 1. The van der Waals surface area contributed by atoms with E-state index in [4.69, 9.17) is 4.74 Å². The summed E-state index contributed by atoms with van der Waals surface area (Å²) in [6, 6.07) is 10.2. The van der Waals surface area contributed by atoms with Crippen molar-refractivity contribution in [1.29, 1.82) is 5.26 Å². The Kier molecular flexibility index (Phi) is 6.44. The molecule has 1 N–H and O–H groups in total. The Bertz CT molecular complexity index is 689. The molecule has 2 rings (SSSR count). The zero-order chi connectivity index (χ0) is 17.5. The van der Waals surface area contributed by atoms with Crippen molar-refractivity contribution in [1.82, 2.24) is 5.32 Å². The lowest BCUT2D eigenvalue weighted by molar-refractivity contribution is -0.139. The van der Waals surface area contributed by atoms with Crippen molar-refractivity contribution in [3.63, 3.8) is 0 Å². The SMILES string of the molecule is CCOC(=O)CSC1=C(C#N)[C@H](c2ccc(CC)cc2)CC(=O)N1. The summed E-state index contributed by atoms with van der Waals surface area (Å²) in [5.41, 5.74) is 2.64. The van der Waals surface area contributed by atoms with Crippen LogP contribution in [0.5, 0.6) is 0 Å². The summed E-state index contributed by atoms with van der Waals surface area (Å²) in [7, 11) is 0. The van der Waals surface area contributed by atoms with Crippen molar-refractivity contribution in [2.45, 2.75) is 32.6 Å². The fourth-order valence-corrected chi connectivity index (χ4v) is 3.41. The number of hydrogen-bond acceptors (Lipinski definition) is 5. The van der Waals surface area contributed by atoms with Gasteiger partial charge in [0.1, 0.15) is 0 Å². The summed E-state index contributed by atoms with van der Waals surface area (Å²) >= 11 is 1.14. The van der Waals surface area contributed by atoms with E-state index in [1.165, 1.54) is 5.56 Å². The molecular formula is C18H20N2O3S. The molecule has 1 aromatic carbocycles. The Hall–Kier alpha value is -2.26. The number of rotatable bonds is 6. The number of nitrogens with one attached hydrogen (secondary N) is 1. The molecule has 0 unspecified atom stereocenters. The first-order chi connectivity index (χ1) is 11.6. The van der Waals surface area contributed by atoms with Crippen LogP contribution < -0.4 is 5.32 Å². The highest BCUT2D eigenvalue weighted by Crippen LogP contribution is 2.36. The normalized spacial score (nSPS) is 17.2. The molecule has 0 saturated carbocycles. The van der Waals surface area contributed by atoms with Crippen molar-refractivity contribution >= 4 is 23.6 Å². The standard InChI is InChI=1S/C18H20N2O3S/c1-3-12-5-7-13(8-6-12)14-9-16(21)20-18(15(14)10-19)24-11-17(22)23-4-2/h5-8,14H,3-4,9,11H2,1-2H3,(H,20,21)/t14-/m0/s1. The third-order valence-electron chi connectivity index (χ3n) is 3.79. The van der Waals surface area contributed by atoms with Gasteiger partial charge in [-0.05, 0) is 24.5 Å². The average Bonchev–Trinajstić information content (AvgIpc) is 2.59. The molecule has 1 amide bonds. The Balaban J connectivity index is 2.25. The Labute approximate surface area is 146 Å². The molecule has 1 aliphatic heterocycles. The smallest absolute Gasteiger partial charge is 0.316 e. The van der Waals surface area contributed by atoms with Crippen LogP contribution in [0.3, 0.4) is 0 Å². The average molecular weight is 344 g/mol. The molecule has 6 heteroatoms. The van der Waals surface area contributed by atoms with Crippen LogP contribution in [-0.4, -0.2) is 24.2 Å². The predicted octanol–water partition coefficient (Wildman–Crippen LogP) is 2.88. The van der Waals surface area contributed by atoms with Gasteiger partial charge < -0.3 is 10.1 Å². The van der Waals surface area contributed by atoms with Crippen LogP contribution in [0.2, 0.25) is 0 Å². The van der Waals surface area contributed by atoms with Crippen molar-refractivity contribution in [2.24, 2.45) is 0 Å². The Morgan fingerprint density at radius 2 is 2.08 bits per heavy atom.